The van der Waals surface area contributed by atoms with E-state index in [0.717, 1.165) is 0 Å². The largest absolute Gasteiger partial charge is 0.481 e. The van der Waals surface area contributed by atoms with Crippen LogP contribution >= 0.6 is 0 Å². The second-order valence-electron chi connectivity index (χ2n) is 4.96. The summed E-state index contributed by atoms with van der Waals surface area (Å²) >= 11 is 0. The molecule has 0 aliphatic rings. The zero-order valence-corrected chi connectivity index (χ0v) is 12.8. The van der Waals surface area contributed by atoms with Gasteiger partial charge >= 0.3 is 5.97 Å². The van der Waals surface area contributed by atoms with E-state index in [1.54, 1.807) is 24.9 Å². The molecular formula is C14H18N2O4S. The molecule has 0 heterocycles. The highest BCUT2D eigenvalue weighted by Crippen LogP contribution is 2.13. The van der Waals surface area contributed by atoms with Gasteiger partial charge in [-0.2, -0.15) is 5.26 Å². The standard InChI is InChI=1S/C14H18N2O4S/c1-11(14(17)18)10-16(2)6-7-21(19,20)13-5-3-4-12(8-13)9-15/h3-5,8,11H,6-7,10H2,1-2H3,(H,17,18). The maximum atomic E-state index is 12.2. The highest BCUT2D eigenvalue weighted by Gasteiger charge is 2.18. The van der Waals surface area contributed by atoms with Gasteiger partial charge in [-0.05, 0) is 25.2 Å². The van der Waals surface area contributed by atoms with Crippen LogP contribution < -0.4 is 0 Å². The molecule has 1 N–H and O–H groups in total. The first-order valence-corrected chi connectivity index (χ1v) is 8.06. The Morgan fingerprint density at radius 2 is 2.14 bits per heavy atom. The first-order valence-electron chi connectivity index (χ1n) is 6.40. The highest BCUT2D eigenvalue weighted by molar-refractivity contribution is 7.91. The SMILES string of the molecule is CC(CN(C)CCS(=O)(=O)c1cccc(C#N)c1)C(=O)O. The lowest BCUT2D eigenvalue weighted by Gasteiger charge is -2.18. The van der Waals surface area contributed by atoms with Gasteiger partial charge < -0.3 is 10.0 Å². The summed E-state index contributed by atoms with van der Waals surface area (Å²) in [5.41, 5.74) is 0.295. The first-order chi connectivity index (χ1) is 9.76. The molecule has 0 saturated heterocycles. The number of rotatable bonds is 7. The Balaban J connectivity index is 2.69. The summed E-state index contributed by atoms with van der Waals surface area (Å²) in [7, 11) is -1.80. The van der Waals surface area contributed by atoms with Gasteiger partial charge in [0.15, 0.2) is 9.84 Å². The van der Waals surface area contributed by atoms with Crippen LogP contribution in [-0.2, 0) is 14.6 Å². The molecule has 0 aliphatic heterocycles. The second-order valence-corrected chi connectivity index (χ2v) is 7.07. The number of carboxylic acids is 1. The van der Waals surface area contributed by atoms with Crippen LogP contribution in [0.5, 0.6) is 0 Å². The normalized spacial score (nSPS) is 12.9. The van der Waals surface area contributed by atoms with Crippen molar-refractivity contribution < 1.29 is 18.3 Å². The lowest BCUT2D eigenvalue weighted by atomic mass is 10.2. The lowest BCUT2D eigenvalue weighted by molar-refractivity contribution is -0.141. The van der Waals surface area contributed by atoms with Crippen LogP contribution in [-0.4, -0.2) is 50.3 Å². The quantitative estimate of drug-likeness (QED) is 0.806. The number of benzene rings is 1. The van der Waals surface area contributed by atoms with E-state index in [1.807, 2.05) is 6.07 Å². The predicted octanol–water partition coefficient (Wildman–Crippen LogP) is 0.984. The molecule has 114 valence electrons. The summed E-state index contributed by atoms with van der Waals surface area (Å²) in [6.45, 7) is 2.09. The van der Waals surface area contributed by atoms with Crippen molar-refractivity contribution in [1.29, 1.82) is 5.26 Å². The van der Waals surface area contributed by atoms with Crippen LogP contribution in [0.4, 0.5) is 0 Å². The Hall–Kier alpha value is -1.91. The van der Waals surface area contributed by atoms with Gasteiger partial charge in [-0.3, -0.25) is 4.79 Å². The Kier molecular flexibility index (Phi) is 5.88. The van der Waals surface area contributed by atoms with E-state index in [4.69, 9.17) is 10.4 Å². The molecule has 0 spiro atoms. The third-order valence-corrected chi connectivity index (χ3v) is 4.76. The Morgan fingerprint density at radius 1 is 1.48 bits per heavy atom. The van der Waals surface area contributed by atoms with Gasteiger partial charge in [-0.15, -0.1) is 0 Å². The molecule has 1 rings (SSSR count). The number of hydrogen-bond acceptors (Lipinski definition) is 5. The summed E-state index contributed by atoms with van der Waals surface area (Å²) in [4.78, 5) is 12.5. The van der Waals surface area contributed by atoms with Crippen molar-refractivity contribution in [3.63, 3.8) is 0 Å². The van der Waals surface area contributed by atoms with Crippen LogP contribution in [0.3, 0.4) is 0 Å². The Morgan fingerprint density at radius 3 is 2.71 bits per heavy atom. The number of aliphatic carboxylic acids is 1. The van der Waals surface area contributed by atoms with Gasteiger partial charge in [0.2, 0.25) is 0 Å². The maximum Gasteiger partial charge on any atom is 0.307 e. The van der Waals surface area contributed by atoms with E-state index in [2.05, 4.69) is 0 Å². The molecule has 1 aromatic carbocycles. The number of carboxylic acid groups (broad SMARTS) is 1. The molecular weight excluding hydrogens is 292 g/mol. The average molecular weight is 310 g/mol. The fraction of sp³-hybridized carbons (Fsp3) is 0.429. The lowest BCUT2D eigenvalue weighted by Crippen LogP contribution is -2.32. The van der Waals surface area contributed by atoms with Crippen LogP contribution in [0.15, 0.2) is 29.2 Å². The van der Waals surface area contributed by atoms with Gasteiger partial charge in [0.05, 0.1) is 28.2 Å². The van der Waals surface area contributed by atoms with Crippen molar-refractivity contribution in [3.8, 4) is 6.07 Å². The monoisotopic (exact) mass is 310 g/mol. The van der Waals surface area contributed by atoms with Gasteiger partial charge in [0.25, 0.3) is 0 Å². The van der Waals surface area contributed by atoms with Crippen LogP contribution in [0.25, 0.3) is 0 Å². The van der Waals surface area contributed by atoms with E-state index in [1.165, 1.54) is 18.2 Å². The molecule has 1 atom stereocenters. The van der Waals surface area contributed by atoms with Crippen molar-refractivity contribution in [2.45, 2.75) is 11.8 Å². The number of nitriles is 1. The molecule has 0 bridgehead atoms. The molecule has 0 aliphatic carbocycles. The van der Waals surface area contributed by atoms with Gasteiger partial charge in [-0.1, -0.05) is 13.0 Å². The minimum Gasteiger partial charge on any atom is -0.481 e. The van der Waals surface area contributed by atoms with Crippen molar-refractivity contribution in [2.75, 3.05) is 25.9 Å². The van der Waals surface area contributed by atoms with Crippen LogP contribution in [0.1, 0.15) is 12.5 Å². The number of hydrogen-bond donors (Lipinski definition) is 1. The Bertz CT molecular complexity index is 649. The van der Waals surface area contributed by atoms with E-state index in [0.29, 0.717) is 5.56 Å². The summed E-state index contributed by atoms with van der Waals surface area (Å²) in [5.74, 6) is -1.59. The van der Waals surface area contributed by atoms with E-state index in [-0.39, 0.29) is 23.7 Å². The number of carbonyl (C=O) groups is 1. The van der Waals surface area contributed by atoms with Crippen molar-refractivity contribution >= 4 is 15.8 Å². The molecule has 1 aromatic rings. The first kappa shape index (κ1) is 17.1. The molecule has 7 heteroatoms. The number of nitrogens with zero attached hydrogens (tertiary/aromatic N) is 2. The van der Waals surface area contributed by atoms with Crippen molar-refractivity contribution in [1.82, 2.24) is 4.90 Å². The zero-order chi connectivity index (χ0) is 16.0. The number of sulfone groups is 1. The minimum atomic E-state index is -3.48. The summed E-state index contributed by atoms with van der Waals surface area (Å²) in [5, 5.41) is 17.6. The molecule has 0 radical (unpaired) electrons. The topological polar surface area (TPSA) is 98.5 Å². The summed E-state index contributed by atoms with van der Waals surface area (Å²) < 4.78 is 24.3. The fourth-order valence-electron chi connectivity index (χ4n) is 1.79. The van der Waals surface area contributed by atoms with Gasteiger partial charge in [-0.25, -0.2) is 8.42 Å². The zero-order valence-electron chi connectivity index (χ0n) is 12.0. The highest BCUT2D eigenvalue weighted by atomic mass is 32.2. The second kappa shape index (κ2) is 7.20. The van der Waals surface area contributed by atoms with E-state index < -0.39 is 21.7 Å². The van der Waals surface area contributed by atoms with E-state index >= 15 is 0 Å². The third-order valence-electron chi connectivity index (χ3n) is 3.07. The molecule has 1 unspecified atom stereocenters. The molecule has 0 aromatic heterocycles. The van der Waals surface area contributed by atoms with Crippen LogP contribution in [0.2, 0.25) is 0 Å². The average Bonchev–Trinajstić information content (AvgIpc) is 2.45. The summed E-state index contributed by atoms with van der Waals surface area (Å²) in [6.07, 6.45) is 0. The third kappa shape index (κ3) is 5.17. The van der Waals surface area contributed by atoms with Gasteiger partial charge in [0, 0.05) is 13.1 Å². The van der Waals surface area contributed by atoms with Crippen LogP contribution in [0, 0.1) is 17.2 Å². The fourth-order valence-corrected chi connectivity index (χ4v) is 3.17. The maximum absolute atomic E-state index is 12.2. The van der Waals surface area contributed by atoms with Crippen molar-refractivity contribution in [2.24, 2.45) is 5.92 Å². The summed E-state index contributed by atoms with van der Waals surface area (Å²) in [6, 6.07) is 7.77. The molecule has 0 fully saturated rings. The van der Waals surface area contributed by atoms with Gasteiger partial charge in [0.1, 0.15) is 0 Å². The minimum absolute atomic E-state index is 0.112. The predicted molar refractivity (Wildman–Crippen MR) is 77.5 cm³/mol. The molecule has 0 saturated carbocycles. The van der Waals surface area contributed by atoms with E-state index in [9.17, 15) is 13.2 Å². The molecule has 0 amide bonds. The molecule has 21 heavy (non-hydrogen) atoms. The smallest absolute Gasteiger partial charge is 0.307 e. The van der Waals surface area contributed by atoms with Crippen molar-refractivity contribution in [3.05, 3.63) is 29.8 Å². The molecule has 6 nitrogen and oxygen atoms in total. The Labute approximate surface area is 124 Å².